The maximum Gasteiger partial charge on any atom is 0.274 e. The van der Waals surface area contributed by atoms with Gasteiger partial charge in [-0.25, -0.2) is 9.97 Å². The Bertz CT molecular complexity index is 927. The minimum atomic E-state index is 0.0102. The molecule has 3 aromatic heterocycles. The lowest BCUT2D eigenvalue weighted by Crippen LogP contribution is -2.29. The van der Waals surface area contributed by atoms with Gasteiger partial charge in [-0.3, -0.25) is 9.48 Å². The quantitative estimate of drug-likeness (QED) is 0.708. The van der Waals surface area contributed by atoms with Crippen LogP contribution in [0.3, 0.4) is 0 Å². The van der Waals surface area contributed by atoms with E-state index in [9.17, 15) is 4.79 Å². The zero-order chi connectivity index (χ0) is 18.1. The topological polar surface area (TPSA) is 68.8 Å². The van der Waals surface area contributed by atoms with Crippen molar-refractivity contribution in [3.05, 3.63) is 42.1 Å². The Labute approximate surface area is 152 Å². The molecule has 0 aromatic carbocycles. The van der Waals surface area contributed by atoms with Crippen LogP contribution < -0.4 is 0 Å². The number of rotatable bonds is 5. The first-order valence-corrected chi connectivity index (χ1v) is 9.35. The van der Waals surface area contributed by atoms with Crippen LogP contribution in [0.5, 0.6) is 0 Å². The van der Waals surface area contributed by atoms with Gasteiger partial charge in [-0.15, -0.1) is 0 Å². The van der Waals surface area contributed by atoms with Crippen LogP contribution in [0.2, 0.25) is 0 Å². The van der Waals surface area contributed by atoms with Crippen LogP contribution in [0.15, 0.2) is 30.6 Å². The van der Waals surface area contributed by atoms with Crippen molar-refractivity contribution >= 4 is 17.1 Å². The van der Waals surface area contributed by atoms with Crippen molar-refractivity contribution in [1.82, 2.24) is 29.2 Å². The monoisotopic (exact) mass is 352 g/mol. The van der Waals surface area contributed by atoms with E-state index in [2.05, 4.69) is 21.6 Å². The van der Waals surface area contributed by atoms with Crippen LogP contribution in [0.4, 0.5) is 0 Å². The first-order valence-electron chi connectivity index (χ1n) is 9.35. The summed E-state index contributed by atoms with van der Waals surface area (Å²) in [6.07, 6.45) is 5.62. The van der Waals surface area contributed by atoms with Crippen LogP contribution in [0, 0.1) is 0 Å². The predicted molar refractivity (Wildman–Crippen MR) is 99.0 cm³/mol. The lowest BCUT2D eigenvalue weighted by Gasteiger charge is -2.16. The number of likely N-dealkylation sites (tertiary alicyclic amines) is 1. The number of carbonyl (C=O) groups is 1. The third-order valence-electron chi connectivity index (χ3n) is 5.00. The summed E-state index contributed by atoms with van der Waals surface area (Å²) in [6.45, 7) is 7.26. The highest BCUT2D eigenvalue weighted by Gasteiger charge is 2.32. The lowest BCUT2D eigenvalue weighted by atomic mass is 10.1. The fourth-order valence-electron chi connectivity index (χ4n) is 3.70. The van der Waals surface area contributed by atoms with Gasteiger partial charge in [-0.05, 0) is 38.0 Å². The maximum atomic E-state index is 12.7. The van der Waals surface area contributed by atoms with Gasteiger partial charge in [0.15, 0.2) is 5.65 Å². The predicted octanol–water partition coefficient (Wildman–Crippen LogP) is 2.69. The normalized spacial score (nSPS) is 17.3. The summed E-state index contributed by atoms with van der Waals surface area (Å²) >= 11 is 0. The van der Waals surface area contributed by atoms with Gasteiger partial charge >= 0.3 is 0 Å². The summed E-state index contributed by atoms with van der Waals surface area (Å²) < 4.78 is 4.01. The molecule has 0 spiro atoms. The second-order valence-electron chi connectivity index (χ2n) is 6.76. The largest absolute Gasteiger partial charge is 0.336 e. The molecule has 4 heterocycles. The highest BCUT2D eigenvalue weighted by atomic mass is 16.2. The average Bonchev–Trinajstić information content (AvgIpc) is 3.40. The van der Waals surface area contributed by atoms with E-state index in [-0.39, 0.29) is 11.8 Å². The van der Waals surface area contributed by atoms with Crippen molar-refractivity contribution in [3.8, 4) is 0 Å². The van der Waals surface area contributed by atoms with E-state index in [0.717, 1.165) is 49.5 Å². The van der Waals surface area contributed by atoms with Crippen LogP contribution >= 0.6 is 0 Å². The molecule has 1 aliphatic rings. The molecule has 3 aromatic rings. The van der Waals surface area contributed by atoms with Crippen molar-refractivity contribution in [2.24, 2.45) is 0 Å². The first-order chi connectivity index (χ1) is 12.7. The molecule has 26 heavy (non-hydrogen) atoms. The van der Waals surface area contributed by atoms with Gasteiger partial charge in [0.2, 0.25) is 0 Å². The van der Waals surface area contributed by atoms with Gasteiger partial charge in [0, 0.05) is 44.5 Å². The van der Waals surface area contributed by atoms with Gasteiger partial charge < -0.3 is 9.47 Å². The number of fused-ring (bicyclic) bond motifs is 1. The molecule has 0 aliphatic carbocycles. The standard InChI is InChI=1S/C19H24N6O/c1-3-10-25-17(21-15-6-5-9-20-18(15)25)14-7-11-23(13-14)19(26)16-8-12-24(4-2)22-16/h5-6,8-9,12,14H,3-4,7,10-11,13H2,1-2H3/t14-/m1/s1. The molecule has 4 rings (SSSR count). The molecule has 1 fully saturated rings. The number of amides is 1. The highest BCUT2D eigenvalue weighted by Crippen LogP contribution is 2.29. The lowest BCUT2D eigenvalue weighted by molar-refractivity contribution is 0.0783. The molecule has 1 saturated heterocycles. The van der Waals surface area contributed by atoms with E-state index in [1.54, 1.807) is 10.7 Å². The number of hydrogen-bond acceptors (Lipinski definition) is 4. The summed E-state index contributed by atoms with van der Waals surface area (Å²) in [6, 6.07) is 5.73. The van der Waals surface area contributed by atoms with Crippen LogP contribution in [-0.4, -0.2) is 48.2 Å². The van der Waals surface area contributed by atoms with E-state index in [0.29, 0.717) is 12.2 Å². The fraction of sp³-hybridized carbons (Fsp3) is 0.474. The smallest absolute Gasteiger partial charge is 0.274 e. The van der Waals surface area contributed by atoms with Gasteiger partial charge in [0.25, 0.3) is 5.91 Å². The van der Waals surface area contributed by atoms with E-state index < -0.39 is 0 Å². The molecule has 136 valence electrons. The highest BCUT2D eigenvalue weighted by molar-refractivity contribution is 5.92. The molecule has 7 heteroatoms. The van der Waals surface area contributed by atoms with Crippen molar-refractivity contribution in [2.75, 3.05) is 13.1 Å². The fourth-order valence-corrected chi connectivity index (χ4v) is 3.70. The summed E-state index contributed by atoms with van der Waals surface area (Å²) in [4.78, 5) is 24.0. The van der Waals surface area contributed by atoms with Crippen molar-refractivity contribution < 1.29 is 4.79 Å². The number of pyridine rings is 1. The van der Waals surface area contributed by atoms with E-state index in [1.165, 1.54) is 0 Å². The molecule has 0 radical (unpaired) electrons. The number of carbonyl (C=O) groups excluding carboxylic acids is 1. The van der Waals surface area contributed by atoms with Crippen molar-refractivity contribution in [1.29, 1.82) is 0 Å². The van der Waals surface area contributed by atoms with Crippen molar-refractivity contribution in [3.63, 3.8) is 0 Å². The minimum Gasteiger partial charge on any atom is -0.336 e. The Morgan fingerprint density at radius 2 is 2.19 bits per heavy atom. The number of hydrogen-bond donors (Lipinski definition) is 0. The summed E-state index contributed by atoms with van der Waals surface area (Å²) in [5.74, 6) is 1.30. The van der Waals surface area contributed by atoms with Crippen LogP contribution in [0.1, 0.15) is 48.9 Å². The van der Waals surface area contributed by atoms with E-state index in [1.807, 2.05) is 36.4 Å². The van der Waals surface area contributed by atoms with E-state index in [4.69, 9.17) is 4.98 Å². The number of aryl methyl sites for hydroxylation is 2. The van der Waals surface area contributed by atoms with Gasteiger partial charge in [0.1, 0.15) is 17.0 Å². The first kappa shape index (κ1) is 16.8. The molecule has 1 aliphatic heterocycles. The number of aromatic nitrogens is 5. The Balaban J connectivity index is 1.58. The van der Waals surface area contributed by atoms with Crippen LogP contribution in [-0.2, 0) is 13.1 Å². The summed E-state index contributed by atoms with van der Waals surface area (Å²) in [5, 5.41) is 4.35. The minimum absolute atomic E-state index is 0.0102. The average molecular weight is 352 g/mol. The van der Waals surface area contributed by atoms with Crippen LogP contribution in [0.25, 0.3) is 11.2 Å². The maximum absolute atomic E-state index is 12.7. The summed E-state index contributed by atoms with van der Waals surface area (Å²) in [5.41, 5.74) is 2.40. The molecular weight excluding hydrogens is 328 g/mol. The second-order valence-corrected chi connectivity index (χ2v) is 6.76. The molecule has 0 bridgehead atoms. The molecule has 1 amide bonds. The zero-order valence-electron chi connectivity index (χ0n) is 15.3. The number of imidazole rings is 1. The second kappa shape index (κ2) is 6.90. The van der Waals surface area contributed by atoms with Gasteiger partial charge in [-0.2, -0.15) is 5.10 Å². The SMILES string of the molecule is CCCn1c([C@@H]2CCN(C(=O)c3ccn(CC)n3)C2)nc2cccnc21. The molecular formula is C19H24N6O. The molecule has 1 atom stereocenters. The van der Waals surface area contributed by atoms with Gasteiger partial charge in [-0.1, -0.05) is 6.92 Å². The zero-order valence-corrected chi connectivity index (χ0v) is 15.3. The molecule has 7 nitrogen and oxygen atoms in total. The summed E-state index contributed by atoms with van der Waals surface area (Å²) in [7, 11) is 0. The molecule has 0 N–H and O–H groups in total. The third kappa shape index (κ3) is 2.87. The molecule has 0 saturated carbocycles. The van der Waals surface area contributed by atoms with Gasteiger partial charge in [0.05, 0.1) is 0 Å². The Kier molecular flexibility index (Phi) is 4.44. The van der Waals surface area contributed by atoms with E-state index >= 15 is 0 Å². The van der Waals surface area contributed by atoms with Crippen molar-refractivity contribution in [2.45, 2.75) is 45.7 Å². The Hall–Kier alpha value is -2.70. The Morgan fingerprint density at radius 3 is 2.96 bits per heavy atom. The Morgan fingerprint density at radius 1 is 1.31 bits per heavy atom. The third-order valence-corrected chi connectivity index (χ3v) is 5.00. The number of nitrogens with zero attached hydrogens (tertiary/aromatic N) is 6. The molecule has 0 unspecified atom stereocenters.